The fraction of sp³-hybridized carbons (Fsp3) is 0.385. The zero-order valence-electron chi connectivity index (χ0n) is 10.9. The number of nitrogens with one attached hydrogen (secondary N) is 3. The van der Waals surface area contributed by atoms with Crippen LogP contribution < -0.4 is 20.7 Å². The van der Waals surface area contributed by atoms with Gasteiger partial charge in [0, 0.05) is 12.2 Å². The van der Waals surface area contributed by atoms with Gasteiger partial charge in [-0.3, -0.25) is 9.59 Å². The molecule has 0 saturated carbocycles. The molecule has 1 aromatic rings. The molecule has 1 unspecified atom stereocenters. The number of benzene rings is 1. The summed E-state index contributed by atoms with van der Waals surface area (Å²) < 4.78 is 5.11. The molecule has 1 aromatic carbocycles. The van der Waals surface area contributed by atoms with Crippen LogP contribution in [0.2, 0.25) is 0 Å². The lowest BCUT2D eigenvalue weighted by atomic mass is 10.1. The molecule has 1 saturated heterocycles. The number of hydrogen-bond acceptors (Lipinski definition) is 4. The molecule has 1 heterocycles. The molecule has 0 bridgehead atoms. The summed E-state index contributed by atoms with van der Waals surface area (Å²) in [7, 11) is 1.59. The zero-order chi connectivity index (χ0) is 13.8. The minimum Gasteiger partial charge on any atom is -0.497 e. The summed E-state index contributed by atoms with van der Waals surface area (Å²) in [4.78, 5) is 23.2. The second-order valence-corrected chi connectivity index (χ2v) is 4.42. The molecule has 2 amide bonds. The van der Waals surface area contributed by atoms with Crippen LogP contribution in [0.4, 0.5) is 5.69 Å². The highest BCUT2D eigenvalue weighted by atomic mass is 16.5. The number of anilines is 1. The van der Waals surface area contributed by atoms with Crippen LogP contribution in [0.1, 0.15) is 5.56 Å². The number of methoxy groups -OCH3 is 1. The van der Waals surface area contributed by atoms with Crippen LogP contribution in [0.5, 0.6) is 5.75 Å². The minimum absolute atomic E-state index is 0.169. The van der Waals surface area contributed by atoms with Crippen molar-refractivity contribution >= 4 is 17.5 Å². The third-order valence-electron chi connectivity index (χ3n) is 2.98. The largest absolute Gasteiger partial charge is 0.497 e. The van der Waals surface area contributed by atoms with Gasteiger partial charge in [0.1, 0.15) is 11.8 Å². The SMILES string of the molecule is COc1ccc(NC(=O)C2CNCC(=O)N2)c(C)c1. The summed E-state index contributed by atoms with van der Waals surface area (Å²) in [6, 6.07) is 4.86. The monoisotopic (exact) mass is 263 g/mol. The van der Waals surface area contributed by atoms with Gasteiger partial charge >= 0.3 is 0 Å². The van der Waals surface area contributed by atoms with E-state index in [9.17, 15) is 9.59 Å². The van der Waals surface area contributed by atoms with Crippen LogP contribution in [0.15, 0.2) is 18.2 Å². The van der Waals surface area contributed by atoms with Crippen LogP contribution in [0.3, 0.4) is 0 Å². The topological polar surface area (TPSA) is 79.5 Å². The number of ether oxygens (including phenoxy) is 1. The van der Waals surface area contributed by atoms with E-state index in [1.807, 2.05) is 13.0 Å². The molecule has 2 rings (SSSR count). The van der Waals surface area contributed by atoms with Gasteiger partial charge in [0.25, 0.3) is 0 Å². The van der Waals surface area contributed by atoms with E-state index in [-0.39, 0.29) is 18.4 Å². The maximum absolute atomic E-state index is 12.0. The highest BCUT2D eigenvalue weighted by molar-refractivity contribution is 5.98. The molecule has 1 atom stereocenters. The van der Waals surface area contributed by atoms with Crippen molar-refractivity contribution in [1.82, 2.24) is 10.6 Å². The average Bonchev–Trinajstić information content (AvgIpc) is 2.41. The minimum atomic E-state index is -0.539. The molecule has 0 aliphatic carbocycles. The highest BCUT2D eigenvalue weighted by Crippen LogP contribution is 2.21. The van der Waals surface area contributed by atoms with Gasteiger partial charge in [-0.1, -0.05) is 0 Å². The Morgan fingerprint density at radius 1 is 1.47 bits per heavy atom. The Morgan fingerprint density at radius 3 is 2.89 bits per heavy atom. The first-order valence-corrected chi connectivity index (χ1v) is 6.05. The Morgan fingerprint density at radius 2 is 2.26 bits per heavy atom. The van der Waals surface area contributed by atoms with Gasteiger partial charge in [0.15, 0.2) is 0 Å². The predicted octanol–water partition coefficient (Wildman–Crippen LogP) is 0.0301. The van der Waals surface area contributed by atoms with E-state index < -0.39 is 6.04 Å². The van der Waals surface area contributed by atoms with Gasteiger partial charge in [0.05, 0.1) is 13.7 Å². The molecule has 0 aromatic heterocycles. The Hall–Kier alpha value is -2.08. The van der Waals surface area contributed by atoms with Crippen molar-refractivity contribution in [2.45, 2.75) is 13.0 Å². The Labute approximate surface area is 111 Å². The summed E-state index contributed by atoms with van der Waals surface area (Å²) in [5, 5.41) is 8.33. The van der Waals surface area contributed by atoms with Crippen molar-refractivity contribution in [3.63, 3.8) is 0 Å². The van der Waals surface area contributed by atoms with Crippen molar-refractivity contribution in [3.05, 3.63) is 23.8 Å². The van der Waals surface area contributed by atoms with E-state index in [0.29, 0.717) is 12.2 Å². The van der Waals surface area contributed by atoms with Crippen molar-refractivity contribution < 1.29 is 14.3 Å². The van der Waals surface area contributed by atoms with Crippen LogP contribution >= 0.6 is 0 Å². The van der Waals surface area contributed by atoms with Crippen LogP contribution in [-0.4, -0.2) is 38.1 Å². The van der Waals surface area contributed by atoms with E-state index in [1.54, 1.807) is 19.2 Å². The van der Waals surface area contributed by atoms with Gasteiger partial charge < -0.3 is 20.7 Å². The first kappa shape index (κ1) is 13.4. The molecule has 0 spiro atoms. The summed E-state index contributed by atoms with van der Waals surface area (Å²) in [6.45, 7) is 2.58. The third-order valence-corrected chi connectivity index (χ3v) is 2.98. The average molecular weight is 263 g/mol. The first-order chi connectivity index (χ1) is 9.10. The van der Waals surface area contributed by atoms with Gasteiger partial charge in [-0.15, -0.1) is 0 Å². The maximum atomic E-state index is 12.0. The van der Waals surface area contributed by atoms with E-state index in [4.69, 9.17) is 4.74 Å². The number of hydrogen-bond donors (Lipinski definition) is 3. The molecule has 102 valence electrons. The molecular formula is C13H17N3O3. The second-order valence-electron chi connectivity index (χ2n) is 4.42. The van der Waals surface area contributed by atoms with Crippen molar-refractivity contribution in [2.75, 3.05) is 25.5 Å². The number of amides is 2. The smallest absolute Gasteiger partial charge is 0.248 e. The molecule has 19 heavy (non-hydrogen) atoms. The lowest BCUT2D eigenvalue weighted by molar-refractivity contribution is -0.127. The number of carbonyl (C=O) groups excluding carboxylic acids is 2. The Kier molecular flexibility index (Phi) is 4.01. The lowest BCUT2D eigenvalue weighted by Gasteiger charge is -2.23. The van der Waals surface area contributed by atoms with Crippen LogP contribution in [-0.2, 0) is 9.59 Å². The van der Waals surface area contributed by atoms with Crippen molar-refractivity contribution in [3.8, 4) is 5.75 Å². The molecular weight excluding hydrogens is 246 g/mol. The second kappa shape index (κ2) is 5.71. The van der Waals surface area contributed by atoms with Gasteiger partial charge in [-0.2, -0.15) is 0 Å². The number of aryl methyl sites for hydroxylation is 1. The summed E-state index contributed by atoms with van der Waals surface area (Å²) in [5.41, 5.74) is 1.62. The molecule has 0 radical (unpaired) electrons. The molecule has 1 aliphatic rings. The van der Waals surface area contributed by atoms with E-state index >= 15 is 0 Å². The fourth-order valence-corrected chi connectivity index (χ4v) is 1.91. The van der Waals surface area contributed by atoms with E-state index in [2.05, 4.69) is 16.0 Å². The van der Waals surface area contributed by atoms with E-state index in [0.717, 1.165) is 11.3 Å². The third kappa shape index (κ3) is 3.23. The van der Waals surface area contributed by atoms with Crippen LogP contribution in [0.25, 0.3) is 0 Å². The summed E-state index contributed by atoms with van der Waals surface area (Å²) in [6.07, 6.45) is 0. The van der Waals surface area contributed by atoms with Crippen LogP contribution in [0, 0.1) is 6.92 Å². The standard InChI is InChI=1S/C13H17N3O3/c1-8-5-9(19-2)3-4-10(8)16-13(18)11-6-14-7-12(17)15-11/h3-5,11,14H,6-7H2,1-2H3,(H,15,17)(H,16,18). The van der Waals surface area contributed by atoms with Gasteiger partial charge in [-0.05, 0) is 30.7 Å². The molecule has 6 heteroatoms. The number of piperazine rings is 1. The quantitative estimate of drug-likeness (QED) is 0.719. The fourth-order valence-electron chi connectivity index (χ4n) is 1.91. The summed E-state index contributed by atoms with van der Waals surface area (Å²) >= 11 is 0. The predicted molar refractivity (Wildman–Crippen MR) is 71.2 cm³/mol. The lowest BCUT2D eigenvalue weighted by Crippen LogP contribution is -2.57. The number of carbonyl (C=O) groups is 2. The first-order valence-electron chi connectivity index (χ1n) is 6.05. The molecule has 6 nitrogen and oxygen atoms in total. The Bertz CT molecular complexity index is 502. The highest BCUT2D eigenvalue weighted by Gasteiger charge is 2.24. The van der Waals surface area contributed by atoms with Gasteiger partial charge in [-0.25, -0.2) is 0 Å². The number of rotatable bonds is 3. The zero-order valence-corrected chi connectivity index (χ0v) is 10.9. The van der Waals surface area contributed by atoms with Crippen molar-refractivity contribution in [2.24, 2.45) is 0 Å². The normalized spacial score (nSPS) is 18.6. The molecule has 1 fully saturated rings. The van der Waals surface area contributed by atoms with E-state index in [1.165, 1.54) is 0 Å². The van der Waals surface area contributed by atoms with Gasteiger partial charge in [0.2, 0.25) is 11.8 Å². The Balaban J connectivity index is 2.04. The maximum Gasteiger partial charge on any atom is 0.248 e. The molecule has 3 N–H and O–H groups in total. The summed E-state index contributed by atoms with van der Waals surface area (Å²) in [5.74, 6) is 0.342. The van der Waals surface area contributed by atoms with Crippen molar-refractivity contribution in [1.29, 1.82) is 0 Å². The molecule has 1 aliphatic heterocycles.